The number of rotatable bonds is 5. The van der Waals surface area contributed by atoms with Crippen molar-refractivity contribution >= 4 is 11.6 Å². The number of nitriles is 1. The predicted octanol–water partition coefficient (Wildman–Crippen LogP) is 3.10. The number of hydrogen-bond acceptors (Lipinski definition) is 5. The van der Waals surface area contributed by atoms with Gasteiger partial charge in [-0.05, 0) is 31.0 Å². The number of likely N-dealkylation sites (tertiary alicyclic amines) is 1. The lowest BCUT2D eigenvalue weighted by atomic mass is 9.90. The summed E-state index contributed by atoms with van der Waals surface area (Å²) in [6, 6.07) is 11.9. The number of benzene rings is 1. The molecule has 1 aromatic carbocycles. The molecule has 3 aromatic rings. The number of pyridine rings is 1. The van der Waals surface area contributed by atoms with E-state index < -0.39 is 11.7 Å². The van der Waals surface area contributed by atoms with E-state index in [0.29, 0.717) is 29.9 Å². The van der Waals surface area contributed by atoms with Gasteiger partial charge in [-0.25, -0.2) is 9.31 Å². The van der Waals surface area contributed by atoms with Gasteiger partial charge in [0.25, 0.3) is 0 Å². The van der Waals surface area contributed by atoms with Gasteiger partial charge < -0.3 is 19.8 Å². The molecule has 0 bridgehead atoms. The third kappa shape index (κ3) is 3.80. The summed E-state index contributed by atoms with van der Waals surface area (Å²) in [6.45, 7) is 4.45. The quantitative estimate of drug-likeness (QED) is 0.674. The third-order valence-corrected chi connectivity index (χ3v) is 5.14. The summed E-state index contributed by atoms with van der Waals surface area (Å²) in [4.78, 5) is 12.4. The fourth-order valence-corrected chi connectivity index (χ4v) is 3.52. The number of aromatic nitrogens is 2. The van der Waals surface area contributed by atoms with Gasteiger partial charge >= 0.3 is 6.09 Å². The van der Waals surface area contributed by atoms with Crippen molar-refractivity contribution in [2.45, 2.75) is 25.4 Å². The van der Waals surface area contributed by atoms with E-state index in [4.69, 9.17) is 9.84 Å². The standard InChI is InChI=1S/C22H22N4O4/c1-22(2,29)13-30-18-7-19(20-16(8-23)9-24-26(20)12-18)15-5-3-14(4-6-15)17-10-25(11-17)21(27)28/h3-7,9,12,17,29H,10-11,13H2,1-2H3,(H,27,28). The highest BCUT2D eigenvalue weighted by molar-refractivity contribution is 5.85. The maximum absolute atomic E-state index is 11.0. The van der Waals surface area contributed by atoms with E-state index in [2.05, 4.69) is 11.2 Å². The van der Waals surface area contributed by atoms with Crippen LogP contribution in [0.5, 0.6) is 5.75 Å². The van der Waals surface area contributed by atoms with Crippen LogP contribution in [0.4, 0.5) is 4.79 Å². The minimum atomic E-state index is -0.981. The normalized spacial score (nSPS) is 14.4. The Kier molecular flexibility index (Phi) is 4.84. The first-order valence-corrected chi connectivity index (χ1v) is 9.60. The minimum Gasteiger partial charge on any atom is -0.489 e. The van der Waals surface area contributed by atoms with Crippen LogP contribution >= 0.6 is 0 Å². The molecule has 2 aromatic heterocycles. The van der Waals surface area contributed by atoms with E-state index in [9.17, 15) is 15.2 Å². The maximum atomic E-state index is 11.0. The molecule has 1 saturated heterocycles. The fourth-order valence-electron chi connectivity index (χ4n) is 3.52. The number of carboxylic acid groups (broad SMARTS) is 1. The summed E-state index contributed by atoms with van der Waals surface area (Å²) < 4.78 is 7.36. The van der Waals surface area contributed by atoms with Crippen LogP contribution in [0.15, 0.2) is 42.7 Å². The van der Waals surface area contributed by atoms with Crippen molar-refractivity contribution in [3.8, 4) is 22.9 Å². The van der Waals surface area contributed by atoms with Crippen LogP contribution in [0.3, 0.4) is 0 Å². The maximum Gasteiger partial charge on any atom is 0.407 e. The Morgan fingerprint density at radius 2 is 2.03 bits per heavy atom. The van der Waals surface area contributed by atoms with Gasteiger partial charge in [0, 0.05) is 24.6 Å². The van der Waals surface area contributed by atoms with Crippen LogP contribution in [0, 0.1) is 11.3 Å². The number of carbonyl (C=O) groups is 1. The molecule has 8 nitrogen and oxygen atoms in total. The third-order valence-electron chi connectivity index (χ3n) is 5.14. The molecule has 2 N–H and O–H groups in total. The Balaban J connectivity index is 1.67. The number of amides is 1. The summed E-state index contributed by atoms with van der Waals surface area (Å²) in [6.07, 6.45) is 2.31. The predicted molar refractivity (Wildman–Crippen MR) is 109 cm³/mol. The second kappa shape index (κ2) is 7.35. The highest BCUT2D eigenvalue weighted by Crippen LogP contribution is 2.33. The van der Waals surface area contributed by atoms with Crippen molar-refractivity contribution in [3.63, 3.8) is 0 Å². The number of nitrogens with zero attached hydrogens (tertiary/aromatic N) is 4. The molecule has 8 heteroatoms. The van der Waals surface area contributed by atoms with Crippen LogP contribution in [0.25, 0.3) is 16.6 Å². The summed E-state index contributed by atoms with van der Waals surface area (Å²) in [7, 11) is 0. The molecular formula is C22H22N4O4. The van der Waals surface area contributed by atoms with Crippen LogP contribution in [-0.4, -0.2) is 56.1 Å². The lowest BCUT2D eigenvalue weighted by molar-refractivity contribution is 0.0283. The monoisotopic (exact) mass is 406 g/mol. The molecular weight excluding hydrogens is 384 g/mol. The molecule has 30 heavy (non-hydrogen) atoms. The van der Waals surface area contributed by atoms with Gasteiger partial charge in [0.2, 0.25) is 0 Å². The molecule has 0 atom stereocenters. The van der Waals surface area contributed by atoms with Gasteiger partial charge in [-0.3, -0.25) is 0 Å². The summed E-state index contributed by atoms with van der Waals surface area (Å²) in [5, 5.41) is 32.7. The topological polar surface area (TPSA) is 111 Å². The first-order chi connectivity index (χ1) is 14.2. The summed E-state index contributed by atoms with van der Waals surface area (Å²) in [5.74, 6) is 0.730. The molecule has 0 radical (unpaired) electrons. The number of ether oxygens (including phenoxy) is 1. The molecule has 1 aliphatic heterocycles. The van der Waals surface area contributed by atoms with E-state index in [1.54, 1.807) is 24.6 Å². The second-order valence-electron chi connectivity index (χ2n) is 8.16. The van der Waals surface area contributed by atoms with E-state index in [0.717, 1.165) is 16.7 Å². The van der Waals surface area contributed by atoms with Gasteiger partial charge in [-0.2, -0.15) is 10.4 Å². The Morgan fingerprint density at radius 3 is 2.63 bits per heavy atom. The van der Waals surface area contributed by atoms with Crippen molar-refractivity contribution in [1.82, 2.24) is 14.5 Å². The highest BCUT2D eigenvalue weighted by Gasteiger charge is 2.31. The number of hydrogen-bond donors (Lipinski definition) is 2. The molecule has 0 aliphatic carbocycles. The van der Waals surface area contributed by atoms with Gasteiger partial charge in [0.1, 0.15) is 18.4 Å². The average molecular weight is 406 g/mol. The number of fused-ring (bicyclic) bond motifs is 1. The van der Waals surface area contributed by atoms with Crippen LogP contribution < -0.4 is 4.74 Å². The van der Waals surface area contributed by atoms with Crippen molar-refractivity contribution in [2.24, 2.45) is 0 Å². The lowest BCUT2D eigenvalue weighted by Gasteiger charge is -2.37. The first-order valence-electron chi connectivity index (χ1n) is 9.60. The largest absolute Gasteiger partial charge is 0.489 e. The molecule has 4 rings (SSSR count). The average Bonchev–Trinajstić information content (AvgIpc) is 3.07. The van der Waals surface area contributed by atoms with E-state index in [1.165, 1.54) is 11.1 Å². The van der Waals surface area contributed by atoms with Gasteiger partial charge in [0.05, 0.1) is 29.1 Å². The molecule has 1 aliphatic rings. The molecule has 0 spiro atoms. The van der Waals surface area contributed by atoms with Crippen molar-refractivity contribution in [1.29, 1.82) is 5.26 Å². The Labute approximate surface area is 173 Å². The highest BCUT2D eigenvalue weighted by atomic mass is 16.5. The van der Waals surface area contributed by atoms with Crippen LogP contribution in [0.2, 0.25) is 0 Å². The lowest BCUT2D eigenvalue weighted by Crippen LogP contribution is -2.47. The molecule has 1 fully saturated rings. The van der Waals surface area contributed by atoms with Crippen LogP contribution in [0.1, 0.15) is 30.9 Å². The molecule has 3 heterocycles. The smallest absolute Gasteiger partial charge is 0.407 e. The fraction of sp³-hybridized carbons (Fsp3) is 0.318. The van der Waals surface area contributed by atoms with Crippen molar-refractivity contribution in [3.05, 3.63) is 53.9 Å². The molecule has 154 valence electrons. The van der Waals surface area contributed by atoms with E-state index >= 15 is 0 Å². The second-order valence-corrected chi connectivity index (χ2v) is 8.16. The number of aliphatic hydroxyl groups is 1. The molecule has 0 unspecified atom stereocenters. The van der Waals surface area contributed by atoms with E-state index in [-0.39, 0.29) is 12.5 Å². The van der Waals surface area contributed by atoms with Crippen molar-refractivity contribution < 1.29 is 19.7 Å². The SMILES string of the molecule is CC(C)(O)COc1cc(-c2ccc(C3CN(C(=O)O)C3)cc2)c2c(C#N)cnn2c1. The zero-order valence-electron chi connectivity index (χ0n) is 16.7. The zero-order chi connectivity index (χ0) is 21.5. The Morgan fingerprint density at radius 1 is 1.33 bits per heavy atom. The zero-order valence-corrected chi connectivity index (χ0v) is 16.7. The summed E-state index contributed by atoms with van der Waals surface area (Å²) in [5.41, 5.74) is 2.93. The first kappa shape index (κ1) is 19.7. The van der Waals surface area contributed by atoms with Crippen LogP contribution in [-0.2, 0) is 0 Å². The Hall–Kier alpha value is -3.57. The molecule has 1 amide bonds. The van der Waals surface area contributed by atoms with E-state index in [1.807, 2.05) is 30.3 Å². The van der Waals surface area contributed by atoms with Gasteiger partial charge in [-0.1, -0.05) is 24.3 Å². The van der Waals surface area contributed by atoms with Gasteiger partial charge in [0.15, 0.2) is 0 Å². The molecule has 0 saturated carbocycles. The Bertz CT molecular complexity index is 1130. The summed E-state index contributed by atoms with van der Waals surface area (Å²) >= 11 is 0. The minimum absolute atomic E-state index is 0.116. The van der Waals surface area contributed by atoms with Gasteiger partial charge in [-0.15, -0.1) is 0 Å². The van der Waals surface area contributed by atoms with Crippen molar-refractivity contribution in [2.75, 3.05) is 19.7 Å².